The van der Waals surface area contributed by atoms with Crippen LogP contribution in [0.15, 0.2) is 39.3 Å². The van der Waals surface area contributed by atoms with E-state index in [1.54, 1.807) is 6.92 Å². The molecule has 2 heterocycles. The lowest BCUT2D eigenvalue weighted by atomic mass is 10.0. The molecule has 1 N–H and O–H groups in total. The number of hydrogen-bond acceptors (Lipinski definition) is 6. The molecule has 7 nitrogen and oxygen atoms in total. The third kappa shape index (κ3) is 3.68. The van der Waals surface area contributed by atoms with Crippen LogP contribution < -0.4 is 5.32 Å². The van der Waals surface area contributed by atoms with Crippen molar-refractivity contribution in [3.05, 3.63) is 58.8 Å². The number of amides is 1. The Kier molecular flexibility index (Phi) is 4.41. The second kappa shape index (κ2) is 6.66. The van der Waals surface area contributed by atoms with Crippen molar-refractivity contribution in [2.45, 2.75) is 33.1 Å². The van der Waals surface area contributed by atoms with E-state index in [-0.39, 0.29) is 11.7 Å². The molecule has 0 aliphatic carbocycles. The Hall–Kier alpha value is -2.96. The predicted molar refractivity (Wildman–Crippen MR) is 86.8 cm³/mol. The Bertz CT molecular complexity index is 834. The smallest absolute Gasteiger partial charge is 0.322 e. The third-order valence-electron chi connectivity index (χ3n) is 3.55. The minimum Gasteiger partial charge on any atom is -0.407 e. The first-order valence-corrected chi connectivity index (χ1v) is 7.67. The van der Waals surface area contributed by atoms with Gasteiger partial charge in [-0.05, 0) is 24.0 Å². The molecule has 0 unspecified atom stereocenters. The quantitative estimate of drug-likeness (QED) is 0.773. The largest absolute Gasteiger partial charge is 0.407 e. The molecule has 0 bridgehead atoms. The highest BCUT2D eigenvalue weighted by Gasteiger charge is 2.15. The highest BCUT2D eigenvalue weighted by atomic mass is 16.5. The standard InChI is InChI=1S/C17H18N4O3/c1-10(2)13-6-4-12(5-7-13)9-15-19-20-17(23-15)18-16(22)14-8-11(3)24-21-14/h4-8,10H,9H2,1-3H3,(H,18,20,22). The molecule has 1 aromatic carbocycles. The minimum absolute atomic E-state index is 0.0365. The summed E-state index contributed by atoms with van der Waals surface area (Å²) in [6.07, 6.45) is 0.504. The molecule has 3 aromatic rings. The molecule has 0 fully saturated rings. The van der Waals surface area contributed by atoms with Gasteiger partial charge in [-0.3, -0.25) is 10.1 Å². The number of benzene rings is 1. The first-order valence-electron chi connectivity index (χ1n) is 7.67. The van der Waals surface area contributed by atoms with Crippen molar-refractivity contribution in [3.8, 4) is 0 Å². The Morgan fingerprint density at radius 1 is 1.21 bits per heavy atom. The fourth-order valence-corrected chi connectivity index (χ4v) is 2.21. The van der Waals surface area contributed by atoms with Crippen molar-refractivity contribution in [1.82, 2.24) is 15.4 Å². The van der Waals surface area contributed by atoms with Crippen molar-refractivity contribution in [2.24, 2.45) is 0 Å². The average Bonchev–Trinajstić information content (AvgIpc) is 3.17. The molecule has 0 radical (unpaired) electrons. The van der Waals surface area contributed by atoms with Crippen LogP contribution in [-0.2, 0) is 6.42 Å². The molecule has 0 aliphatic heterocycles. The van der Waals surface area contributed by atoms with E-state index in [1.165, 1.54) is 11.6 Å². The maximum absolute atomic E-state index is 11.9. The summed E-state index contributed by atoms with van der Waals surface area (Å²) in [5.74, 6) is 1.02. The summed E-state index contributed by atoms with van der Waals surface area (Å²) in [6, 6.07) is 9.82. The van der Waals surface area contributed by atoms with Gasteiger partial charge in [0.15, 0.2) is 5.69 Å². The molecule has 0 atom stereocenters. The topological polar surface area (TPSA) is 94.1 Å². The average molecular weight is 326 g/mol. The molecule has 0 spiro atoms. The van der Waals surface area contributed by atoms with Gasteiger partial charge in [-0.15, -0.1) is 5.10 Å². The van der Waals surface area contributed by atoms with E-state index in [4.69, 9.17) is 8.94 Å². The van der Waals surface area contributed by atoms with Crippen LogP contribution in [0.25, 0.3) is 0 Å². The zero-order valence-corrected chi connectivity index (χ0v) is 13.7. The Morgan fingerprint density at radius 2 is 1.96 bits per heavy atom. The number of aryl methyl sites for hydroxylation is 1. The Balaban J connectivity index is 1.64. The monoisotopic (exact) mass is 326 g/mol. The van der Waals surface area contributed by atoms with Crippen LogP contribution in [0.5, 0.6) is 0 Å². The van der Waals surface area contributed by atoms with Crippen LogP contribution in [0.2, 0.25) is 0 Å². The third-order valence-corrected chi connectivity index (χ3v) is 3.55. The molecule has 0 aliphatic rings. The van der Waals surface area contributed by atoms with E-state index in [9.17, 15) is 4.79 Å². The van der Waals surface area contributed by atoms with Crippen molar-refractivity contribution in [1.29, 1.82) is 0 Å². The first-order chi connectivity index (χ1) is 11.5. The predicted octanol–water partition coefficient (Wildman–Crippen LogP) is 3.33. The van der Waals surface area contributed by atoms with Gasteiger partial charge in [0.2, 0.25) is 5.89 Å². The van der Waals surface area contributed by atoms with Crippen LogP contribution in [0.3, 0.4) is 0 Å². The van der Waals surface area contributed by atoms with Crippen LogP contribution >= 0.6 is 0 Å². The van der Waals surface area contributed by atoms with Gasteiger partial charge in [0.1, 0.15) is 5.76 Å². The second-order valence-corrected chi connectivity index (χ2v) is 5.85. The van der Waals surface area contributed by atoms with Crippen LogP contribution in [0.4, 0.5) is 6.01 Å². The summed E-state index contributed by atoms with van der Waals surface area (Å²) in [4.78, 5) is 11.9. The number of nitrogens with one attached hydrogen (secondary N) is 1. The fraction of sp³-hybridized carbons (Fsp3) is 0.294. The minimum atomic E-state index is -0.455. The number of aromatic nitrogens is 3. The van der Waals surface area contributed by atoms with E-state index < -0.39 is 5.91 Å². The van der Waals surface area contributed by atoms with Gasteiger partial charge in [0.25, 0.3) is 5.91 Å². The van der Waals surface area contributed by atoms with Crippen molar-refractivity contribution < 1.29 is 13.7 Å². The molecular weight excluding hydrogens is 308 g/mol. The number of hydrogen-bond donors (Lipinski definition) is 1. The van der Waals surface area contributed by atoms with Gasteiger partial charge in [-0.25, -0.2) is 0 Å². The van der Waals surface area contributed by atoms with E-state index in [0.717, 1.165) is 5.56 Å². The summed E-state index contributed by atoms with van der Waals surface area (Å²) < 4.78 is 10.3. The molecule has 7 heteroatoms. The van der Waals surface area contributed by atoms with Crippen LogP contribution in [0, 0.1) is 6.92 Å². The van der Waals surface area contributed by atoms with E-state index in [2.05, 4.69) is 46.7 Å². The number of nitrogens with zero attached hydrogens (tertiary/aromatic N) is 3. The molecule has 0 saturated heterocycles. The lowest BCUT2D eigenvalue weighted by Crippen LogP contribution is -2.12. The van der Waals surface area contributed by atoms with Gasteiger partial charge in [-0.1, -0.05) is 48.4 Å². The van der Waals surface area contributed by atoms with E-state index in [1.807, 2.05) is 12.1 Å². The highest BCUT2D eigenvalue weighted by molar-refractivity contribution is 6.01. The molecule has 24 heavy (non-hydrogen) atoms. The number of carbonyl (C=O) groups excluding carboxylic acids is 1. The van der Waals surface area contributed by atoms with Gasteiger partial charge < -0.3 is 8.94 Å². The molecule has 2 aromatic heterocycles. The Labute approximate surface area is 139 Å². The fourth-order valence-electron chi connectivity index (χ4n) is 2.21. The SMILES string of the molecule is Cc1cc(C(=O)Nc2nnc(Cc3ccc(C(C)C)cc3)o2)no1. The summed E-state index contributed by atoms with van der Waals surface area (Å²) in [7, 11) is 0. The Morgan fingerprint density at radius 3 is 2.58 bits per heavy atom. The zero-order chi connectivity index (χ0) is 17.1. The molecule has 3 rings (SSSR count). The van der Waals surface area contributed by atoms with Crippen LogP contribution in [-0.4, -0.2) is 21.3 Å². The number of rotatable bonds is 5. The summed E-state index contributed by atoms with van der Waals surface area (Å²) in [5.41, 5.74) is 2.50. The lowest BCUT2D eigenvalue weighted by molar-refractivity contribution is 0.101. The van der Waals surface area contributed by atoms with Gasteiger partial charge >= 0.3 is 6.01 Å². The summed E-state index contributed by atoms with van der Waals surface area (Å²) in [6.45, 7) is 6.01. The van der Waals surface area contributed by atoms with E-state index >= 15 is 0 Å². The second-order valence-electron chi connectivity index (χ2n) is 5.85. The van der Waals surface area contributed by atoms with Gasteiger partial charge in [0.05, 0.1) is 6.42 Å². The van der Waals surface area contributed by atoms with Gasteiger partial charge in [0, 0.05) is 6.07 Å². The van der Waals surface area contributed by atoms with Crippen molar-refractivity contribution in [2.75, 3.05) is 5.32 Å². The molecule has 0 saturated carbocycles. The first kappa shape index (κ1) is 15.9. The number of carbonyl (C=O) groups is 1. The van der Waals surface area contributed by atoms with E-state index in [0.29, 0.717) is 24.0 Å². The zero-order valence-electron chi connectivity index (χ0n) is 13.7. The molecular formula is C17H18N4O3. The van der Waals surface area contributed by atoms with Crippen molar-refractivity contribution >= 4 is 11.9 Å². The molecule has 1 amide bonds. The lowest BCUT2D eigenvalue weighted by Gasteiger charge is -2.05. The maximum Gasteiger partial charge on any atom is 0.322 e. The summed E-state index contributed by atoms with van der Waals surface area (Å²) in [5, 5.41) is 13.9. The highest BCUT2D eigenvalue weighted by Crippen LogP contribution is 2.17. The summed E-state index contributed by atoms with van der Waals surface area (Å²) >= 11 is 0. The van der Waals surface area contributed by atoms with Gasteiger partial charge in [-0.2, -0.15) is 0 Å². The number of anilines is 1. The normalized spacial score (nSPS) is 11.0. The molecule has 124 valence electrons. The maximum atomic E-state index is 11.9. The van der Waals surface area contributed by atoms with Crippen molar-refractivity contribution in [3.63, 3.8) is 0 Å². The van der Waals surface area contributed by atoms with Crippen LogP contribution in [0.1, 0.15) is 53.0 Å².